The van der Waals surface area contributed by atoms with E-state index < -0.39 is 24.2 Å². The number of anilines is 1. The van der Waals surface area contributed by atoms with Crippen LogP contribution in [0.2, 0.25) is 0 Å². The van der Waals surface area contributed by atoms with Gasteiger partial charge in [0.2, 0.25) is 0 Å². The van der Waals surface area contributed by atoms with Crippen molar-refractivity contribution in [2.24, 2.45) is 0 Å². The Morgan fingerprint density at radius 3 is 2.79 bits per heavy atom. The number of hydrogen-bond donors (Lipinski definition) is 2. The molecule has 1 aliphatic heterocycles. The van der Waals surface area contributed by atoms with Crippen LogP contribution in [0.15, 0.2) is 24.3 Å². The van der Waals surface area contributed by atoms with Crippen LogP contribution in [-0.4, -0.2) is 55.2 Å². The summed E-state index contributed by atoms with van der Waals surface area (Å²) in [6.45, 7) is -0.0382. The zero-order chi connectivity index (χ0) is 14.0. The first-order valence-corrected chi connectivity index (χ1v) is 5.94. The SMILES string of the molecule is COc1cccc(N(C)C(=O)C2OC[C@@H](O)[C@H]2O)c1. The van der Waals surface area contributed by atoms with Gasteiger partial charge in [-0.15, -0.1) is 0 Å². The van der Waals surface area contributed by atoms with Crippen LogP contribution in [0.3, 0.4) is 0 Å². The molecule has 1 unspecified atom stereocenters. The van der Waals surface area contributed by atoms with Crippen molar-refractivity contribution in [3.8, 4) is 5.75 Å². The van der Waals surface area contributed by atoms with E-state index in [1.54, 1.807) is 38.4 Å². The highest BCUT2D eigenvalue weighted by Gasteiger charge is 2.41. The molecule has 1 heterocycles. The summed E-state index contributed by atoms with van der Waals surface area (Å²) in [5.41, 5.74) is 0.626. The van der Waals surface area contributed by atoms with E-state index in [0.29, 0.717) is 11.4 Å². The number of carbonyl (C=O) groups is 1. The number of rotatable bonds is 3. The van der Waals surface area contributed by atoms with Crippen LogP contribution in [0.1, 0.15) is 0 Å². The minimum atomic E-state index is -1.19. The Morgan fingerprint density at radius 1 is 1.47 bits per heavy atom. The first-order chi connectivity index (χ1) is 9.04. The lowest BCUT2D eigenvalue weighted by atomic mass is 10.1. The Morgan fingerprint density at radius 2 is 2.21 bits per heavy atom. The molecule has 1 aliphatic rings. The molecule has 1 amide bonds. The summed E-state index contributed by atoms with van der Waals surface area (Å²) in [6.07, 6.45) is -3.25. The second-order valence-corrected chi connectivity index (χ2v) is 4.41. The maximum Gasteiger partial charge on any atom is 0.258 e. The molecule has 3 atom stereocenters. The first-order valence-electron chi connectivity index (χ1n) is 5.94. The summed E-state index contributed by atoms with van der Waals surface area (Å²) in [7, 11) is 3.12. The Labute approximate surface area is 111 Å². The molecule has 6 nitrogen and oxygen atoms in total. The van der Waals surface area contributed by atoms with Crippen LogP contribution >= 0.6 is 0 Å². The fourth-order valence-corrected chi connectivity index (χ4v) is 1.96. The molecule has 1 aromatic rings. The molecule has 1 fully saturated rings. The summed E-state index contributed by atoms with van der Waals surface area (Å²) in [5, 5.41) is 19.1. The number of hydrogen-bond acceptors (Lipinski definition) is 5. The van der Waals surface area contributed by atoms with Gasteiger partial charge in [0, 0.05) is 18.8 Å². The van der Waals surface area contributed by atoms with Gasteiger partial charge < -0.3 is 24.6 Å². The number of nitrogens with zero attached hydrogens (tertiary/aromatic N) is 1. The van der Waals surface area contributed by atoms with E-state index in [4.69, 9.17) is 9.47 Å². The molecule has 0 spiro atoms. The normalized spacial score (nSPS) is 26.2. The van der Waals surface area contributed by atoms with Gasteiger partial charge in [-0.2, -0.15) is 0 Å². The Kier molecular flexibility index (Phi) is 4.04. The lowest BCUT2D eigenvalue weighted by Gasteiger charge is -2.23. The Bertz CT molecular complexity index is 464. The van der Waals surface area contributed by atoms with E-state index in [2.05, 4.69) is 0 Å². The number of benzene rings is 1. The van der Waals surface area contributed by atoms with Crippen molar-refractivity contribution < 1.29 is 24.5 Å². The number of ether oxygens (including phenoxy) is 2. The van der Waals surface area contributed by atoms with Gasteiger partial charge in [0.25, 0.3) is 5.91 Å². The van der Waals surface area contributed by atoms with Gasteiger partial charge >= 0.3 is 0 Å². The predicted octanol–water partition coefficient (Wildman–Crippen LogP) is -0.221. The Balaban J connectivity index is 2.14. The van der Waals surface area contributed by atoms with Crippen LogP contribution < -0.4 is 9.64 Å². The summed E-state index contributed by atoms with van der Waals surface area (Å²) in [4.78, 5) is 13.6. The molecule has 0 saturated carbocycles. The van der Waals surface area contributed by atoms with Gasteiger partial charge in [0.15, 0.2) is 6.10 Å². The van der Waals surface area contributed by atoms with Gasteiger partial charge in [-0.05, 0) is 12.1 Å². The molecule has 1 aromatic carbocycles. The molecule has 104 valence electrons. The van der Waals surface area contributed by atoms with Gasteiger partial charge in [0.1, 0.15) is 18.0 Å². The topological polar surface area (TPSA) is 79.2 Å². The number of likely N-dealkylation sites (N-methyl/N-ethyl adjacent to an activating group) is 1. The van der Waals surface area contributed by atoms with Gasteiger partial charge in [-0.1, -0.05) is 6.07 Å². The van der Waals surface area contributed by atoms with Crippen molar-refractivity contribution in [3.63, 3.8) is 0 Å². The fraction of sp³-hybridized carbons (Fsp3) is 0.462. The van der Waals surface area contributed by atoms with Crippen molar-refractivity contribution in [3.05, 3.63) is 24.3 Å². The largest absolute Gasteiger partial charge is 0.497 e. The summed E-state index contributed by atoms with van der Waals surface area (Å²) >= 11 is 0. The Hall–Kier alpha value is -1.63. The van der Waals surface area contributed by atoms with Crippen LogP contribution in [0, 0.1) is 0 Å². The molecule has 19 heavy (non-hydrogen) atoms. The van der Waals surface area contributed by atoms with Gasteiger partial charge in [0.05, 0.1) is 13.7 Å². The smallest absolute Gasteiger partial charge is 0.258 e. The second-order valence-electron chi connectivity index (χ2n) is 4.41. The first kappa shape index (κ1) is 13.8. The molecule has 2 N–H and O–H groups in total. The average Bonchev–Trinajstić information content (AvgIpc) is 2.77. The lowest BCUT2D eigenvalue weighted by molar-refractivity contribution is -0.130. The van der Waals surface area contributed by atoms with Crippen LogP contribution in [-0.2, 0) is 9.53 Å². The number of carbonyl (C=O) groups excluding carboxylic acids is 1. The highest BCUT2D eigenvalue weighted by atomic mass is 16.5. The lowest BCUT2D eigenvalue weighted by Crippen LogP contribution is -2.43. The number of amides is 1. The predicted molar refractivity (Wildman–Crippen MR) is 68.2 cm³/mol. The summed E-state index contributed by atoms with van der Waals surface area (Å²) in [6, 6.07) is 6.99. The second kappa shape index (κ2) is 5.56. The molecular weight excluding hydrogens is 250 g/mol. The monoisotopic (exact) mass is 267 g/mol. The van der Waals surface area contributed by atoms with Crippen LogP contribution in [0.5, 0.6) is 5.75 Å². The van der Waals surface area contributed by atoms with Crippen LogP contribution in [0.4, 0.5) is 5.69 Å². The van der Waals surface area contributed by atoms with Crippen molar-refractivity contribution in [1.82, 2.24) is 0 Å². The van der Waals surface area contributed by atoms with E-state index >= 15 is 0 Å². The zero-order valence-electron chi connectivity index (χ0n) is 10.8. The van der Waals surface area contributed by atoms with E-state index in [-0.39, 0.29) is 6.61 Å². The van der Waals surface area contributed by atoms with E-state index in [1.165, 1.54) is 4.90 Å². The molecule has 2 rings (SSSR count). The van der Waals surface area contributed by atoms with Crippen LogP contribution in [0.25, 0.3) is 0 Å². The van der Waals surface area contributed by atoms with Gasteiger partial charge in [-0.25, -0.2) is 0 Å². The third-order valence-corrected chi connectivity index (χ3v) is 3.17. The number of aliphatic hydroxyl groups excluding tert-OH is 2. The van der Waals surface area contributed by atoms with Gasteiger partial charge in [-0.3, -0.25) is 4.79 Å². The summed E-state index contributed by atoms with van der Waals surface area (Å²) < 4.78 is 10.2. The molecule has 0 bridgehead atoms. The molecule has 0 aliphatic carbocycles. The zero-order valence-corrected chi connectivity index (χ0v) is 10.8. The average molecular weight is 267 g/mol. The van der Waals surface area contributed by atoms with Crippen molar-refractivity contribution in [2.45, 2.75) is 18.3 Å². The molecule has 0 radical (unpaired) electrons. The van der Waals surface area contributed by atoms with Crippen molar-refractivity contribution in [2.75, 3.05) is 25.7 Å². The number of methoxy groups -OCH3 is 1. The molecule has 1 saturated heterocycles. The quantitative estimate of drug-likeness (QED) is 0.791. The molecule has 6 heteroatoms. The van der Waals surface area contributed by atoms with Crippen molar-refractivity contribution >= 4 is 11.6 Å². The minimum Gasteiger partial charge on any atom is -0.497 e. The third-order valence-electron chi connectivity index (χ3n) is 3.17. The van der Waals surface area contributed by atoms with E-state index in [1.807, 2.05) is 0 Å². The maximum absolute atomic E-state index is 12.2. The highest BCUT2D eigenvalue weighted by Crippen LogP contribution is 2.23. The minimum absolute atomic E-state index is 0.0382. The summed E-state index contributed by atoms with van der Waals surface area (Å²) in [5.74, 6) is 0.224. The van der Waals surface area contributed by atoms with E-state index in [9.17, 15) is 15.0 Å². The molecular formula is C13H17NO5. The maximum atomic E-state index is 12.2. The molecule has 0 aromatic heterocycles. The number of aliphatic hydroxyl groups is 2. The van der Waals surface area contributed by atoms with E-state index in [0.717, 1.165) is 0 Å². The fourth-order valence-electron chi connectivity index (χ4n) is 1.96. The third kappa shape index (κ3) is 2.70. The van der Waals surface area contributed by atoms with Crippen molar-refractivity contribution in [1.29, 1.82) is 0 Å². The highest BCUT2D eigenvalue weighted by molar-refractivity contribution is 5.96. The standard InChI is InChI=1S/C13H17NO5/c1-14(8-4-3-5-9(6-8)18-2)13(17)12-11(16)10(15)7-19-12/h3-6,10-12,15-16H,7H2,1-2H3/t10-,11-,12?/m1/s1.